The number of hydrogen-bond acceptors (Lipinski definition) is 3. The zero-order valence-electron chi connectivity index (χ0n) is 9.29. The molecule has 1 aliphatic carbocycles. The highest BCUT2D eigenvalue weighted by molar-refractivity contribution is 5.79. The standard InChI is InChI=1S/C11H21NO2/c1-3-12(7-8-14-2)10-5-4-6-11(13)9-10/h10H,3-9H2,1-2H3. The predicted octanol–water partition coefficient (Wildman–Crippen LogP) is 1.47. The van der Waals surface area contributed by atoms with Crippen LogP contribution in [0.1, 0.15) is 32.6 Å². The second-order valence-electron chi connectivity index (χ2n) is 3.91. The van der Waals surface area contributed by atoms with Crippen molar-refractivity contribution < 1.29 is 9.53 Å². The molecule has 3 nitrogen and oxygen atoms in total. The molecule has 1 saturated carbocycles. The Labute approximate surface area is 86.4 Å². The lowest BCUT2D eigenvalue weighted by Gasteiger charge is -2.32. The molecule has 3 heteroatoms. The summed E-state index contributed by atoms with van der Waals surface area (Å²) in [5, 5.41) is 0. The highest BCUT2D eigenvalue weighted by Gasteiger charge is 2.23. The van der Waals surface area contributed by atoms with Gasteiger partial charge in [-0.3, -0.25) is 9.69 Å². The molecule has 0 bridgehead atoms. The molecule has 0 aromatic heterocycles. The Morgan fingerprint density at radius 3 is 2.93 bits per heavy atom. The summed E-state index contributed by atoms with van der Waals surface area (Å²) < 4.78 is 5.07. The molecule has 0 saturated heterocycles. The lowest BCUT2D eigenvalue weighted by Crippen LogP contribution is -2.40. The van der Waals surface area contributed by atoms with Crippen LogP contribution in [0, 0.1) is 0 Å². The van der Waals surface area contributed by atoms with Gasteiger partial charge in [-0.15, -0.1) is 0 Å². The molecule has 1 aliphatic rings. The number of Topliss-reactive ketones (excluding diaryl/α,β-unsaturated/α-hetero) is 1. The smallest absolute Gasteiger partial charge is 0.134 e. The highest BCUT2D eigenvalue weighted by Crippen LogP contribution is 2.19. The van der Waals surface area contributed by atoms with Gasteiger partial charge < -0.3 is 4.74 Å². The molecule has 0 radical (unpaired) electrons. The van der Waals surface area contributed by atoms with Gasteiger partial charge in [0.25, 0.3) is 0 Å². The third kappa shape index (κ3) is 3.39. The number of carbonyl (C=O) groups excluding carboxylic acids is 1. The Balaban J connectivity index is 2.38. The molecule has 1 rings (SSSR count). The van der Waals surface area contributed by atoms with Crippen LogP contribution in [0.3, 0.4) is 0 Å². The minimum absolute atomic E-state index is 0.428. The van der Waals surface area contributed by atoms with E-state index >= 15 is 0 Å². The second kappa shape index (κ2) is 6.14. The van der Waals surface area contributed by atoms with Crippen LogP contribution >= 0.6 is 0 Å². The third-order valence-electron chi connectivity index (χ3n) is 2.96. The van der Waals surface area contributed by atoms with E-state index in [0.29, 0.717) is 11.8 Å². The average Bonchev–Trinajstić information content (AvgIpc) is 2.19. The van der Waals surface area contributed by atoms with Crippen molar-refractivity contribution in [3.63, 3.8) is 0 Å². The van der Waals surface area contributed by atoms with Gasteiger partial charge in [-0.05, 0) is 19.4 Å². The van der Waals surface area contributed by atoms with Gasteiger partial charge in [-0.1, -0.05) is 6.92 Å². The van der Waals surface area contributed by atoms with Crippen LogP contribution in [0.2, 0.25) is 0 Å². The lowest BCUT2D eigenvalue weighted by atomic mass is 9.93. The zero-order valence-corrected chi connectivity index (χ0v) is 9.29. The van der Waals surface area contributed by atoms with Crippen molar-refractivity contribution in [2.45, 2.75) is 38.6 Å². The first-order valence-corrected chi connectivity index (χ1v) is 5.52. The van der Waals surface area contributed by atoms with Gasteiger partial charge in [0, 0.05) is 32.5 Å². The van der Waals surface area contributed by atoms with Gasteiger partial charge in [0.1, 0.15) is 5.78 Å². The second-order valence-corrected chi connectivity index (χ2v) is 3.91. The van der Waals surface area contributed by atoms with Gasteiger partial charge in [-0.2, -0.15) is 0 Å². The Morgan fingerprint density at radius 2 is 2.36 bits per heavy atom. The first kappa shape index (κ1) is 11.7. The number of ether oxygens (including phenoxy) is 1. The third-order valence-corrected chi connectivity index (χ3v) is 2.96. The molecule has 1 fully saturated rings. The number of methoxy groups -OCH3 is 1. The van der Waals surface area contributed by atoms with E-state index in [-0.39, 0.29) is 0 Å². The molecular formula is C11H21NO2. The largest absolute Gasteiger partial charge is 0.383 e. The van der Waals surface area contributed by atoms with Gasteiger partial charge >= 0.3 is 0 Å². The monoisotopic (exact) mass is 199 g/mol. The fourth-order valence-electron chi connectivity index (χ4n) is 2.12. The molecule has 1 unspecified atom stereocenters. The van der Waals surface area contributed by atoms with Crippen LogP contribution in [-0.2, 0) is 9.53 Å². The van der Waals surface area contributed by atoms with Crippen LogP contribution in [0.15, 0.2) is 0 Å². The molecule has 0 aromatic carbocycles. The molecule has 82 valence electrons. The van der Waals surface area contributed by atoms with E-state index in [4.69, 9.17) is 4.74 Å². The Kier molecular flexibility index (Phi) is 5.12. The molecule has 0 heterocycles. The maximum absolute atomic E-state index is 11.3. The van der Waals surface area contributed by atoms with Crippen LogP contribution < -0.4 is 0 Å². The molecular weight excluding hydrogens is 178 g/mol. The summed E-state index contributed by atoms with van der Waals surface area (Å²) in [5.74, 6) is 0.428. The summed E-state index contributed by atoms with van der Waals surface area (Å²) in [5.41, 5.74) is 0. The van der Waals surface area contributed by atoms with Crippen molar-refractivity contribution in [1.29, 1.82) is 0 Å². The number of hydrogen-bond donors (Lipinski definition) is 0. The number of rotatable bonds is 5. The molecule has 0 N–H and O–H groups in total. The van der Waals surface area contributed by atoms with Gasteiger partial charge in [0.05, 0.1) is 6.61 Å². The quantitative estimate of drug-likeness (QED) is 0.671. The van der Waals surface area contributed by atoms with Gasteiger partial charge in [0.15, 0.2) is 0 Å². The summed E-state index contributed by atoms with van der Waals surface area (Å²) in [6.45, 7) is 4.87. The van der Waals surface area contributed by atoms with Crippen molar-refractivity contribution in [2.24, 2.45) is 0 Å². The van der Waals surface area contributed by atoms with E-state index in [1.807, 2.05) is 0 Å². The maximum Gasteiger partial charge on any atom is 0.134 e. The maximum atomic E-state index is 11.3. The molecule has 0 aromatic rings. The van der Waals surface area contributed by atoms with Crippen molar-refractivity contribution in [1.82, 2.24) is 4.90 Å². The van der Waals surface area contributed by atoms with E-state index < -0.39 is 0 Å². The lowest BCUT2D eigenvalue weighted by molar-refractivity contribution is -0.122. The van der Waals surface area contributed by atoms with Crippen LogP contribution in [-0.4, -0.2) is 43.5 Å². The number of carbonyl (C=O) groups is 1. The molecule has 1 atom stereocenters. The molecule has 0 amide bonds. The van der Waals surface area contributed by atoms with Crippen molar-refractivity contribution >= 4 is 5.78 Å². The van der Waals surface area contributed by atoms with Crippen molar-refractivity contribution in [3.05, 3.63) is 0 Å². The number of ketones is 1. The fourth-order valence-corrected chi connectivity index (χ4v) is 2.12. The summed E-state index contributed by atoms with van der Waals surface area (Å²) in [6, 6.07) is 0.469. The summed E-state index contributed by atoms with van der Waals surface area (Å²) in [4.78, 5) is 13.7. The van der Waals surface area contributed by atoms with E-state index in [1.165, 1.54) is 6.42 Å². The summed E-state index contributed by atoms with van der Waals surface area (Å²) in [7, 11) is 1.72. The first-order valence-electron chi connectivity index (χ1n) is 5.52. The first-order chi connectivity index (χ1) is 6.77. The van der Waals surface area contributed by atoms with E-state index in [0.717, 1.165) is 39.0 Å². The van der Waals surface area contributed by atoms with E-state index in [1.54, 1.807) is 7.11 Å². The number of nitrogens with zero attached hydrogens (tertiary/aromatic N) is 1. The minimum atomic E-state index is 0.428. The normalized spacial score (nSPS) is 23.1. The SMILES string of the molecule is CCN(CCOC)C1CCCC(=O)C1. The van der Waals surface area contributed by atoms with E-state index in [9.17, 15) is 4.79 Å². The van der Waals surface area contributed by atoms with Crippen molar-refractivity contribution in [2.75, 3.05) is 26.8 Å². The van der Waals surface area contributed by atoms with Gasteiger partial charge in [-0.25, -0.2) is 0 Å². The summed E-state index contributed by atoms with van der Waals surface area (Å²) in [6.07, 6.45) is 3.77. The highest BCUT2D eigenvalue weighted by atomic mass is 16.5. The van der Waals surface area contributed by atoms with E-state index in [2.05, 4.69) is 11.8 Å². The fraction of sp³-hybridized carbons (Fsp3) is 0.909. The predicted molar refractivity (Wildman–Crippen MR) is 56.4 cm³/mol. The topological polar surface area (TPSA) is 29.5 Å². The Hall–Kier alpha value is -0.410. The molecule has 0 aliphatic heterocycles. The van der Waals surface area contributed by atoms with Crippen LogP contribution in [0.4, 0.5) is 0 Å². The van der Waals surface area contributed by atoms with Crippen molar-refractivity contribution in [3.8, 4) is 0 Å². The average molecular weight is 199 g/mol. The summed E-state index contributed by atoms with van der Waals surface area (Å²) >= 11 is 0. The van der Waals surface area contributed by atoms with Gasteiger partial charge in [0.2, 0.25) is 0 Å². The van der Waals surface area contributed by atoms with Crippen LogP contribution in [0.25, 0.3) is 0 Å². The zero-order chi connectivity index (χ0) is 10.4. The molecule has 14 heavy (non-hydrogen) atoms. The minimum Gasteiger partial charge on any atom is -0.383 e. The number of likely N-dealkylation sites (N-methyl/N-ethyl adjacent to an activating group) is 1. The van der Waals surface area contributed by atoms with Crippen LogP contribution in [0.5, 0.6) is 0 Å². The Morgan fingerprint density at radius 1 is 1.57 bits per heavy atom. The molecule has 0 spiro atoms. The Bertz CT molecular complexity index is 182.